The number of aromatic nitrogens is 2. The lowest BCUT2D eigenvalue weighted by molar-refractivity contribution is -0.0384. The van der Waals surface area contributed by atoms with Crippen molar-refractivity contribution in [3.63, 3.8) is 0 Å². The van der Waals surface area contributed by atoms with Crippen molar-refractivity contribution in [1.29, 1.82) is 0 Å². The smallest absolute Gasteiger partial charge is 0.0858 e. The summed E-state index contributed by atoms with van der Waals surface area (Å²) in [5.74, 6) is 0. The van der Waals surface area contributed by atoms with Gasteiger partial charge in [0.05, 0.1) is 18.4 Å². The Morgan fingerprint density at radius 2 is 2.30 bits per heavy atom. The number of nitrogens with zero attached hydrogens (tertiary/aromatic N) is 3. The van der Waals surface area contributed by atoms with Gasteiger partial charge >= 0.3 is 0 Å². The SMILES string of the molecule is CCNC(Cc1cc(C)nn1CC)C1CN(C)CCO1. The fraction of sp³-hybridized carbons (Fsp3) is 0.800. The first-order chi connectivity index (χ1) is 9.63. The van der Waals surface area contributed by atoms with Gasteiger partial charge in [0.25, 0.3) is 0 Å². The predicted octanol–water partition coefficient (Wildman–Crippen LogP) is 1.06. The van der Waals surface area contributed by atoms with E-state index in [0.29, 0.717) is 6.04 Å². The van der Waals surface area contributed by atoms with Crippen LogP contribution in [0.1, 0.15) is 25.2 Å². The molecule has 0 aliphatic carbocycles. The van der Waals surface area contributed by atoms with E-state index in [1.165, 1.54) is 5.69 Å². The normalized spacial score (nSPS) is 22.1. The number of hydrogen-bond donors (Lipinski definition) is 1. The average molecular weight is 280 g/mol. The van der Waals surface area contributed by atoms with Gasteiger partial charge in [-0.05, 0) is 33.5 Å². The third kappa shape index (κ3) is 3.81. The van der Waals surface area contributed by atoms with Crippen molar-refractivity contribution in [2.45, 2.75) is 45.9 Å². The lowest BCUT2D eigenvalue weighted by atomic mass is 10.0. The molecule has 20 heavy (non-hydrogen) atoms. The molecule has 0 bridgehead atoms. The number of likely N-dealkylation sites (N-methyl/N-ethyl adjacent to an activating group) is 2. The van der Waals surface area contributed by atoms with Crippen LogP contribution in [0.25, 0.3) is 0 Å². The van der Waals surface area contributed by atoms with Crippen LogP contribution in [0.5, 0.6) is 0 Å². The Morgan fingerprint density at radius 1 is 1.50 bits per heavy atom. The van der Waals surface area contributed by atoms with Crippen LogP contribution >= 0.6 is 0 Å². The van der Waals surface area contributed by atoms with Gasteiger partial charge in [-0.2, -0.15) is 5.10 Å². The van der Waals surface area contributed by atoms with Crippen molar-refractivity contribution in [3.05, 3.63) is 17.5 Å². The first-order valence-corrected chi connectivity index (χ1v) is 7.70. The topological polar surface area (TPSA) is 42.3 Å². The van der Waals surface area contributed by atoms with Crippen LogP contribution in [0.3, 0.4) is 0 Å². The van der Waals surface area contributed by atoms with Crippen LogP contribution < -0.4 is 5.32 Å². The fourth-order valence-corrected chi connectivity index (χ4v) is 2.91. The Kier molecular flexibility index (Phi) is 5.57. The number of aryl methyl sites for hydroxylation is 2. The number of ether oxygens (including phenoxy) is 1. The summed E-state index contributed by atoms with van der Waals surface area (Å²) in [4.78, 5) is 2.35. The number of rotatable bonds is 6. The van der Waals surface area contributed by atoms with Gasteiger partial charge in [0.2, 0.25) is 0 Å². The standard InChI is InChI=1S/C15H28N4O/c1-5-16-14(15-11-18(4)7-8-20-15)10-13-9-12(3)17-19(13)6-2/h9,14-16H,5-8,10-11H2,1-4H3. The highest BCUT2D eigenvalue weighted by Gasteiger charge is 2.27. The minimum Gasteiger partial charge on any atom is -0.374 e. The van der Waals surface area contributed by atoms with Crippen molar-refractivity contribution in [1.82, 2.24) is 20.0 Å². The second-order valence-corrected chi connectivity index (χ2v) is 5.63. The van der Waals surface area contributed by atoms with E-state index in [-0.39, 0.29) is 6.10 Å². The summed E-state index contributed by atoms with van der Waals surface area (Å²) in [7, 11) is 2.17. The molecule has 0 spiro atoms. The zero-order valence-corrected chi connectivity index (χ0v) is 13.2. The van der Waals surface area contributed by atoms with E-state index in [2.05, 4.69) is 53.9 Å². The highest BCUT2D eigenvalue weighted by atomic mass is 16.5. The Morgan fingerprint density at radius 3 is 2.95 bits per heavy atom. The molecule has 2 rings (SSSR count). The molecule has 2 unspecified atom stereocenters. The maximum Gasteiger partial charge on any atom is 0.0858 e. The molecule has 0 aromatic carbocycles. The Bertz CT molecular complexity index is 418. The summed E-state index contributed by atoms with van der Waals surface area (Å²) < 4.78 is 8.09. The molecule has 1 aliphatic heterocycles. The molecule has 0 saturated carbocycles. The molecule has 1 aliphatic rings. The van der Waals surface area contributed by atoms with Gasteiger partial charge in [-0.15, -0.1) is 0 Å². The van der Waals surface area contributed by atoms with Gasteiger partial charge in [0, 0.05) is 37.8 Å². The molecule has 5 heteroatoms. The molecule has 1 aromatic rings. The summed E-state index contributed by atoms with van der Waals surface area (Å²) in [6.45, 7) is 11.1. The van der Waals surface area contributed by atoms with Gasteiger partial charge in [0.15, 0.2) is 0 Å². The highest BCUT2D eigenvalue weighted by Crippen LogP contribution is 2.14. The third-order valence-electron chi connectivity index (χ3n) is 3.93. The predicted molar refractivity (Wildman–Crippen MR) is 81.0 cm³/mol. The van der Waals surface area contributed by atoms with E-state index < -0.39 is 0 Å². The zero-order valence-electron chi connectivity index (χ0n) is 13.2. The Balaban J connectivity index is 2.07. The van der Waals surface area contributed by atoms with Gasteiger partial charge in [-0.1, -0.05) is 6.92 Å². The molecule has 0 radical (unpaired) electrons. The number of morpholine rings is 1. The van der Waals surface area contributed by atoms with Crippen LogP contribution in [0.2, 0.25) is 0 Å². The summed E-state index contributed by atoms with van der Waals surface area (Å²) >= 11 is 0. The highest BCUT2D eigenvalue weighted by molar-refractivity contribution is 5.11. The molecule has 1 aromatic heterocycles. The lowest BCUT2D eigenvalue weighted by Crippen LogP contribution is -2.52. The third-order valence-corrected chi connectivity index (χ3v) is 3.93. The largest absolute Gasteiger partial charge is 0.374 e. The quantitative estimate of drug-likeness (QED) is 0.846. The van der Waals surface area contributed by atoms with Crippen molar-refractivity contribution in [3.8, 4) is 0 Å². The molecule has 1 fully saturated rings. The van der Waals surface area contributed by atoms with E-state index in [0.717, 1.165) is 44.9 Å². The molecule has 5 nitrogen and oxygen atoms in total. The van der Waals surface area contributed by atoms with Gasteiger partial charge in [-0.25, -0.2) is 0 Å². The van der Waals surface area contributed by atoms with Crippen molar-refractivity contribution in [2.24, 2.45) is 0 Å². The first-order valence-electron chi connectivity index (χ1n) is 7.70. The molecule has 2 heterocycles. The van der Waals surface area contributed by atoms with Crippen molar-refractivity contribution in [2.75, 3.05) is 33.3 Å². The van der Waals surface area contributed by atoms with Crippen molar-refractivity contribution < 1.29 is 4.74 Å². The maximum absolute atomic E-state index is 5.98. The molecular weight excluding hydrogens is 252 g/mol. The van der Waals surface area contributed by atoms with Crippen LogP contribution in [-0.4, -0.2) is 60.1 Å². The summed E-state index contributed by atoms with van der Waals surface area (Å²) in [6.07, 6.45) is 1.23. The number of nitrogens with one attached hydrogen (secondary N) is 1. The van der Waals surface area contributed by atoms with E-state index in [1.54, 1.807) is 0 Å². The van der Waals surface area contributed by atoms with Crippen molar-refractivity contribution >= 4 is 0 Å². The summed E-state index contributed by atoms with van der Waals surface area (Å²) in [5, 5.41) is 8.13. The summed E-state index contributed by atoms with van der Waals surface area (Å²) in [5.41, 5.74) is 2.39. The molecule has 114 valence electrons. The van der Waals surface area contributed by atoms with Gasteiger partial charge in [-0.3, -0.25) is 4.68 Å². The zero-order chi connectivity index (χ0) is 14.5. The molecular formula is C15H28N4O. The van der Waals surface area contributed by atoms with E-state index >= 15 is 0 Å². The van der Waals surface area contributed by atoms with Crippen LogP contribution in [0.15, 0.2) is 6.07 Å². The molecule has 2 atom stereocenters. The van der Waals surface area contributed by atoms with Gasteiger partial charge < -0.3 is 15.0 Å². The second kappa shape index (κ2) is 7.20. The van der Waals surface area contributed by atoms with Gasteiger partial charge in [0.1, 0.15) is 0 Å². The average Bonchev–Trinajstić information content (AvgIpc) is 2.78. The Labute approximate surface area is 122 Å². The molecule has 1 N–H and O–H groups in total. The molecule has 0 amide bonds. The lowest BCUT2D eigenvalue weighted by Gasteiger charge is -2.35. The molecule has 1 saturated heterocycles. The monoisotopic (exact) mass is 280 g/mol. The van der Waals surface area contributed by atoms with E-state index in [9.17, 15) is 0 Å². The second-order valence-electron chi connectivity index (χ2n) is 5.63. The first kappa shape index (κ1) is 15.5. The minimum atomic E-state index is 0.259. The Hall–Kier alpha value is -0.910. The summed E-state index contributed by atoms with van der Waals surface area (Å²) in [6, 6.07) is 2.55. The minimum absolute atomic E-state index is 0.259. The van der Waals surface area contributed by atoms with Crippen LogP contribution in [-0.2, 0) is 17.7 Å². The number of hydrogen-bond acceptors (Lipinski definition) is 4. The fourth-order valence-electron chi connectivity index (χ4n) is 2.91. The van der Waals surface area contributed by atoms with Crippen LogP contribution in [0, 0.1) is 6.92 Å². The van der Waals surface area contributed by atoms with E-state index in [1.807, 2.05) is 0 Å². The maximum atomic E-state index is 5.98. The van der Waals surface area contributed by atoms with Crippen LogP contribution in [0.4, 0.5) is 0 Å². The van der Waals surface area contributed by atoms with E-state index in [4.69, 9.17) is 4.74 Å².